The van der Waals surface area contributed by atoms with E-state index in [1.54, 1.807) is 0 Å². The lowest BCUT2D eigenvalue weighted by Crippen LogP contribution is -2.55. The zero-order chi connectivity index (χ0) is 15.2. The molecular formula is C17H20N4O. The average molecular weight is 296 g/mol. The van der Waals surface area contributed by atoms with E-state index < -0.39 is 0 Å². The third-order valence-electron chi connectivity index (χ3n) is 5.45. The summed E-state index contributed by atoms with van der Waals surface area (Å²) in [6.07, 6.45) is 5.04. The first kappa shape index (κ1) is 13.6. The second-order valence-electron chi connectivity index (χ2n) is 6.53. The Kier molecular flexibility index (Phi) is 3.08. The van der Waals surface area contributed by atoms with E-state index >= 15 is 0 Å². The van der Waals surface area contributed by atoms with E-state index in [-0.39, 0.29) is 17.3 Å². The van der Waals surface area contributed by atoms with Crippen molar-refractivity contribution in [3.8, 4) is 6.07 Å². The van der Waals surface area contributed by atoms with Crippen LogP contribution < -0.4 is 5.69 Å². The number of hydrogen-bond acceptors (Lipinski definition) is 3. The third-order valence-corrected chi connectivity index (χ3v) is 5.45. The number of benzene rings is 1. The molecule has 1 saturated heterocycles. The zero-order valence-corrected chi connectivity index (χ0v) is 12.6. The number of rotatable bonds is 2. The summed E-state index contributed by atoms with van der Waals surface area (Å²) in [7, 11) is 0. The average Bonchev–Trinajstić information content (AvgIpc) is 2.83. The summed E-state index contributed by atoms with van der Waals surface area (Å²) in [6, 6.07) is 10.6. The highest BCUT2D eigenvalue weighted by Gasteiger charge is 2.44. The van der Waals surface area contributed by atoms with Crippen molar-refractivity contribution < 1.29 is 0 Å². The van der Waals surface area contributed by atoms with Crippen molar-refractivity contribution in [2.45, 2.75) is 43.7 Å². The van der Waals surface area contributed by atoms with Crippen LogP contribution >= 0.6 is 0 Å². The number of imidazole rings is 1. The van der Waals surface area contributed by atoms with Gasteiger partial charge in [0.05, 0.1) is 17.1 Å². The van der Waals surface area contributed by atoms with Gasteiger partial charge in [-0.1, -0.05) is 12.1 Å². The Hall–Kier alpha value is -2.06. The van der Waals surface area contributed by atoms with E-state index in [0.717, 1.165) is 56.2 Å². The molecule has 0 atom stereocenters. The number of nitriles is 1. The molecule has 1 aromatic carbocycles. The molecule has 2 fully saturated rings. The second kappa shape index (κ2) is 4.99. The summed E-state index contributed by atoms with van der Waals surface area (Å²) in [6.45, 7) is 1.81. The van der Waals surface area contributed by atoms with Gasteiger partial charge in [0.1, 0.15) is 5.54 Å². The van der Waals surface area contributed by atoms with E-state index in [9.17, 15) is 10.1 Å². The maximum absolute atomic E-state index is 12.3. The van der Waals surface area contributed by atoms with E-state index in [1.807, 2.05) is 28.8 Å². The topological polar surface area (TPSA) is 64.8 Å². The van der Waals surface area contributed by atoms with Crippen LogP contribution in [0.3, 0.4) is 0 Å². The van der Waals surface area contributed by atoms with Crippen LogP contribution in [0.4, 0.5) is 0 Å². The van der Waals surface area contributed by atoms with Crippen LogP contribution in [0.2, 0.25) is 0 Å². The molecule has 5 heteroatoms. The molecule has 4 rings (SSSR count). The molecule has 0 bridgehead atoms. The quantitative estimate of drug-likeness (QED) is 0.925. The monoisotopic (exact) mass is 296 g/mol. The molecule has 0 unspecified atom stereocenters. The number of aromatic amines is 1. The predicted molar refractivity (Wildman–Crippen MR) is 84.6 cm³/mol. The Labute approximate surface area is 129 Å². The molecule has 1 N–H and O–H groups in total. The molecule has 0 spiro atoms. The molecule has 1 aliphatic carbocycles. The SMILES string of the molecule is N#CC1(N2CCC(n3c(=O)[nH]c4ccccc43)CC2)CCC1. The number of aromatic nitrogens is 2. The predicted octanol–water partition coefficient (Wildman–Crippen LogP) is 2.41. The van der Waals surface area contributed by atoms with Crippen LogP contribution in [-0.4, -0.2) is 33.1 Å². The summed E-state index contributed by atoms with van der Waals surface area (Å²) < 4.78 is 1.91. The number of para-hydroxylation sites is 2. The maximum atomic E-state index is 12.3. The van der Waals surface area contributed by atoms with Gasteiger partial charge in [0.2, 0.25) is 0 Å². The molecule has 5 nitrogen and oxygen atoms in total. The van der Waals surface area contributed by atoms with Crippen molar-refractivity contribution in [2.24, 2.45) is 0 Å². The van der Waals surface area contributed by atoms with Crippen LogP contribution in [0.1, 0.15) is 38.1 Å². The molecule has 0 radical (unpaired) electrons. The molecule has 2 aromatic rings. The molecule has 1 saturated carbocycles. The number of piperidine rings is 1. The number of likely N-dealkylation sites (tertiary alicyclic amines) is 1. The first-order valence-electron chi connectivity index (χ1n) is 8.09. The first-order chi connectivity index (χ1) is 10.7. The van der Waals surface area contributed by atoms with Crippen molar-refractivity contribution in [2.75, 3.05) is 13.1 Å². The standard InChI is InChI=1S/C17H20N4O/c18-12-17(8-3-9-17)20-10-6-13(7-11-20)21-15-5-2-1-4-14(15)19-16(21)22/h1-2,4-5,13H,3,6-11H2,(H,19,22). The van der Waals surface area contributed by atoms with E-state index in [0.29, 0.717) is 0 Å². The lowest BCUT2D eigenvalue weighted by molar-refractivity contribution is 0.0355. The van der Waals surface area contributed by atoms with Crippen molar-refractivity contribution >= 4 is 11.0 Å². The molecular weight excluding hydrogens is 276 g/mol. The lowest BCUT2D eigenvalue weighted by Gasteiger charge is -2.48. The van der Waals surface area contributed by atoms with Crippen molar-refractivity contribution in [3.63, 3.8) is 0 Å². The maximum Gasteiger partial charge on any atom is 0.326 e. The Balaban J connectivity index is 1.57. The van der Waals surface area contributed by atoms with Gasteiger partial charge >= 0.3 is 5.69 Å². The minimum atomic E-state index is -0.212. The summed E-state index contributed by atoms with van der Waals surface area (Å²) in [5.41, 5.74) is 1.67. The molecule has 1 aliphatic heterocycles. The zero-order valence-electron chi connectivity index (χ0n) is 12.6. The Morgan fingerprint density at radius 1 is 1.23 bits per heavy atom. The molecule has 0 amide bonds. The van der Waals surface area contributed by atoms with Crippen molar-refractivity contribution in [1.82, 2.24) is 14.5 Å². The van der Waals surface area contributed by atoms with Gasteiger partial charge in [-0.3, -0.25) is 9.47 Å². The van der Waals surface area contributed by atoms with E-state index in [2.05, 4.69) is 16.0 Å². The summed E-state index contributed by atoms with van der Waals surface area (Å²) in [4.78, 5) is 17.6. The van der Waals surface area contributed by atoms with E-state index in [1.165, 1.54) is 0 Å². The van der Waals surface area contributed by atoms with Gasteiger partial charge in [-0.05, 0) is 44.2 Å². The van der Waals surface area contributed by atoms with Gasteiger partial charge in [0.15, 0.2) is 0 Å². The number of nitrogens with zero attached hydrogens (tertiary/aromatic N) is 3. The molecule has 22 heavy (non-hydrogen) atoms. The van der Waals surface area contributed by atoms with Crippen LogP contribution in [0.5, 0.6) is 0 Å². The number of hydrogen-bond donors (Lipinski definition) is 1. The molecule has 2 aliphatic rings. The van der Waals surface area contributed by atoms with Gasteiger partial charge < -0.3 is 4.98 Å². The smallest absolute Gasteiger partial charge is 0.306 e. The highest BCUT2D eigenvalue weighted by molar-refractivity contribution is 5.75. The second-order valence-corrected chi connectivity index (χ2v) is 6.53. The Bertz CT molecular complexity index is 785. The number of H-pyrrole nitrogens is 1. The van der Waals surface area contributed by atoms with Crippen LogP contribution in [0.25, 0.3) is 11.0 Å². The summed E-state index contributed by atoms with van der Waals surface area (Å²) >= 11 is 0. The van der Waals surface area contributed by atoms with Gasteiger partial charge in [-0.25, -0.2) is 4.79 Å². The largest absolute Gasteiger partial charge is 0.326 e. The fourth-order valence-corrected chi connectivity index (χ4v) is 4.00. The fraction of sp³-hybridized carbons (Fsp3) is 0.529. The molecule has 2 heterocycles. The van der Waals surface area contributed by atoms with Gasteiger partial charge in [-0.2, -0.15) is 5.26 Å². The Morgan fingerprint density at radius 3 is 2.59 bits per heavy atom. The highest BCUT2D eigenvalue weighted by atomic mass is 16.1. The van der Waals surface area contributed by atoms with Gasteiger partial charge in [0, 0.05) is 19.1 Å². The normalized spacial score (nSPS) is 22.3. The summed E-state index contributed by atoms with van der Waals surface area (Å²) in [5, 5.41) is 9.47. The van der Waals surface area contributed by atoms with Gasteiger partial charge in [-0.15, -0.1) is 0 Å². The first-order valence-corrected chi connectivity index (χ1v) is 8.09. The van der Waals surface area contributed by atoms with Crippen molar-refractivity contribution in [1.29, 1.82) is 5.26 Å². The Morgan fingerprint density at radius 2 is 1.95 bits per heavy atom. The van der Waals surface area contributed by atoms with E-state index in [4.69, 9.17) is 0 Å². The van der Waals surface area contributed by atoms with Crippen molar-refractivity contribution in [3.05, 3.63) is 34.7 Å². The minimum Gasteiger partial charge on any atom is -0.306 e. The fourth-order valence-electron chi connectivity index (χ4n) is 4.00. The highest BCUT2D eigenvalue weighted by Crippen LogP contribution is 2.40. The van der Waals surface area contributed by atoms with Crippen LogP contribution in [-0.2, 0) is 0 Å². The third kappa shape index (κ3) is 1.91. The summed E-state index contributed by atoms with van der Waals surface area (Å²) in [5.74, 6) is 0. The minimum absolute atomic E-state index is 0.0155. The van der Waals surface area contributed by atoms with Crippen LogP contribution in [0, 0.1) is 11.3 Å². The van der Waals surface area contributed by atoms with Gasteiger partial charge in [0.25, 0.3) is 0 Å². The molecule has 114 valence electrons. The number of fused-ring (bicyclic) bond motifs is 1. The molecule has 1 aromatic heterocycles. The number of nitrogens with one attached hydrogen (secondary N) is 1. The lowest BCUT2D eigenvalue weighted by atomic mass is 9.75. The van der Waals surface area contributed by atoms with Crippen LogP contribution in [0.15, 0.2) is 29.1 Å².